The largest absolute Gasteiger partial charge is 0.395 e. The summed E-state index contributed by atoms with van der Waals surface area (Å²) >= 11 is 0. The lowest BCUT2D eigenvalue weighted by Crippen LogP contribution is -2.40. The van der Waals surface area contributed by atoms with Crippen molar-refractivity contribution >= 4 is 12.4 Å². The first kappa shape index (κ1) is 17.2. The first-order valence-electron chi connectivity index (χ1n) is 7.57. The maximum absolute atomic E-state index is 9.24. The molecule has 5 heteroatoms. The highest BCUT2D eigenvalue weighted by Crippen LogP contribution is 2.15. The van der Waals surface area contributed by atoms with Gasteiger partial charge in [0.2, 0.25) is 0 Å². The summed E-state index contributed by atoms with van der Waals surface area (Å²) in [6, 6.07) is 0.323. The molecule has 1 atom stereocenters. The Morgan fingerprint density at radius 3 is 2.58 bits per heavy atom. The van der Waals surface area contributed by atoms with E-state index >= 15 is 0 Å². The van der Waals surface area contributed by atoms with E-state index in [0.29, 0.717) is 6.04 Å². The number of halogens is 1. The van der Waals surface area contributed by atoms with Gasteiger partial charge < -0.3 is 15.3 Å². The molecule has 0 spiro atoms. The van der Waals surface area contributed by atoms with Gasteiger partial charge in [0.25, 0.3) is 0 Å². The molecular formula is C14H30ClN3O. The van der Waals surface area contributed by atoms with Crippen LogP contribution < -0.4 is 5.32 Å². The van der Waals surface area contributed by atoms with Crippen molar-refractivity contribution in [1.82, 2.24) is 15.1 Å². The lowest BCUT2D eigenvalue weighted by atomic mass is 9.97. The zero-order chi connectivity index (χ0) is 12.8. The minimum atomic E-state index is 0. The first-order valence-corrected chi connectivity index (χ1v) is 7.57. The maximum atomic E-state index is 9.24. The second-order valence-electron chi connectivity index (χ2n) is 5.92. The number of nitrogens with zero attached hydrogens (tertiary/aromatic N) is 2. The molecule has 0 radical (unpaired) electrons. The molecule has 2 fully saturated rings. The molecule has 2 saturated heterocycles. The fraction of sp³-hybridized carbons (Fsp3) is 1.00. The molecular weight excluding hydrogens is 262 g/mol. The van der Waals surface area contributed by atoms with E-state index in [0.717, 1.165) is 19.0 Å². The van der Waals surface area contributed by atoms with Crippen LogP contribution in [-0.2, 0) is 0 Å². The number of aliphatic hydroxyl groups excluding tert-OH is 1. The topological polar surface area (TPSA) is 38.7 Å². The van der Waals surface area contributed by atoms with Crippen molar-refractivity contribution in [1.29, 1.82) is 0 Å². The van der Waals surface area contributed by atoms with Crippen LogP contribution >= 0.6 is 12.4 Å². The minimum absolute atomic E-state index is 0. The number of piperidine rings is 1. The van der Waals surface area contributed by atoms with Crippen molar-refractivity contribution in [3.63, 3.8) is 0 Å². The average Bonchev–Trinajstić information content (AvgIpc) is 2.65. The molecule has 0 aromatic heterocycles. The normalized spacial score (nSPS) is 25.6. The van der Waals surface area contributed by atoms with Gasteiger partial charge >= 0.3 is 0 Å². The van der Waals surface area contributed by atoms with E-state index in [1.165, 1.54) is 52.0 Å². The summed E-state index contributed by atoms with van der Waals surface area (Å²) in [5.74, 6) is 0.896. The van der Waals surface area contributed by atoms with Crippen molar-refractivity contribution < 1.29 is 5.11 Å². The number of nitrogens with one attached hydrogen (secondary N) is 1. The van der Waals surface area contributed by atoms with Gasteiger partial charge in [-0.05, 0) is 58.3 Å². The predicted octanol–water partition coefficient (Wildman–Crippen LogP) is 0.796. The van der Waals surface area contributed by atoms with E-state index < -0.39 is 0 Å². The summed E-state index contributed by atoms with van der Waals surface area (Å²) < 4.78 is 0. The molecule has 19 heavy (non-hydrogen) atoms. The van der Waals surface area contributed by atoms with E-state index in [9.17, 15) is 5.11 Å². The van der Waals surface area contributed by atoms with E-state index in [2.05, 4.69) is 22.0 Å². The van der Waals surface area contributed by atoms with Crippen LogP contribution in [0.1, 0.15) is 26.2 Å². The van der Waals surface area contributed by atoms with Gasteiger partial charge in [0.1, 0.15) is 0 Å². The highest BCUT2D eigenvalue weighted by molar-refractivity contribution is 5.85. The zero-order valence-electron chi connectivity index (χ0n) is 12.2. The SMILES string of the molecule is CC(CO)N1CCCN(CC2CCNCC2)CC1.Cl. The summed E-state index contributed by atoms with van der Waals surface area (Å²) in [4.78, 5) is 5.07. The van der Waals surface area contributed by atoms with Crippen LogP contribution in [0.3, 0.4) is 0 Å². The second kappa shape index (κ2) is 9.14. The number of hydrogen-bond donors (Lipinski definition) is 2. The van der Waals surface area contributed by atoms with Gasteiger partial charge in [-0.3, -0.25) is 4.90 Å². The Morgan fingerprint density at radius 1 is 1.16 bits per heavy atom. The van der Waals surface area contributed by atoms with E-state index in [-0.39, 0.29) is 19.0 Å². The van der Waals surface area contributed by atoms with Crippen molar-refractivity contribution in [2.75, 3.05) is 52.4 Å². The van der Waals surface area contributed by atoms with Crippen LogP contribution in [0, 0.1) is 5.92 Å². The number of aliphatic hydroxyl groups is 1. The Labute approximate surface area is 123 Å². The predicted molar refractivity (Wildman–Crippen MR) is 82.0 cm³/mol. The Bertz CT molecular complexity index is 237. The summed E-state index contributed by atoms with van der Waals surface area (Å²) in [6.45, 7) is 10.8. The monoisotopic (exact) mass is 291 g/mol. The quantitative estimate of drug-likeness (QED) is 0.804. The van der Waals surface area contributed by atoms with Crippen molar-refractivity contribution in [3.8, 4) is 0 Å². The van der Waals surface area contributed by atoms with Gasteiger partial charge in [-0.15, -0.1) is 12.4 Å². The Morgan fingerprint density at radius 2 is 1.89 bits per heavy atom. The fourth-order valence-corrected chi connectivity index (χ4v) is 3.16. The molecule has 2 N–H and O–H groups in total. The van der Waals surface area contributed by atoms with Gasteiger partial charge in [0.05, 0.1) is 6.61 Å². The van der Waals surface area contributed by atoms with E-state index in [1.807, 2.05) is 0 Å². The standard InChI is InChI=1S/C14H29N3O.ClH/c1-13(12-18)17-8-2-7-16(9-10-17)11-14-3-5-15-6-4-14;/h13-15,18H,2-12H2,1H3;1H. The maximum Gasteiger partial charge on any atom is 0.0584 e. The molecule has 2 aliphatic heterocycles. The Hall–Kier alpha value is 0.130. The van der Waals surface area contributed by atoms with Crippen molar-refractivity contribution in [2.45, 2.75) is 32.2 Å². The zero-order valence-corrected chi connectivity index (χ0v) is 13.0. The van der Waals surface area contributed by atoms with Gasteiger partial charge in [0.15, 0.2) is 0 Å². The smallest absolute Gasteiger partial charge is 0.0584 e. The summed E-state index contributed by atoms with van der Waals surface area (Å²) in [7, 11) is 0. The van der Waals surface area contributed by atoms with Gasteiger partial charge in [-0.25, -0.2) is 0 Å². The first-order chi connectivity index (χ1) is 8.79. The summed E-state index contributed by atoms with van der Waals surface area (Å²) in [5, 5.41) is 12.7. The van der Waals surface area contributed by atoms with Crippen LogP contribution in [0.5, 0.6) is 0 Å². The molecule has 0 aliphatic carbocycles. The number of hydrogen-bond acceptors (Lipinski definition) is 4. The molecule has 0 aromatic carbocycles. The molecule has 2 heterocycles. The third kappa shape index (κ3) is 5.56. The molecule has 4 nitrogen and oxygen atoms in total. The molecule has 1 unspecified atom stereocenters. The van der Waals surface area contributed by atoms with Crippen LogP contribution in [0.15, 0.2) is 0 Å². The molecule has 114 valence electrons. The summed E-state index contributed by atoms with van der Waals surface area (Å²) in [5.41, 5.74) is 0. The average molecular weight is 292 g/mol. The Balaban J connectivity index is 0.00000180. The number of rotatable bonds is 4. The third-order valence-electron chi connectivity index (χ3n) is 4.49. The highest BCUT2D eigenvalue weighted by Gasteiger charge is 2.21. The van der Waals surface area contributed by atoms with Gasteiger partial charge in [-0.2, -0.15) is 0 Å². The van der Waals surface area contributed by atoms with Crippen LogP contribution in [0.25, 0.3) is 0 Å². The van der Waals surface area contributed by atoms with Crippen LogP contribution in [0.2, 0.25) is 0 Å². The third-order valence-corrected chi connectivity index (χ3v) is 4.49. The second-order valence-corrected chi connectivity index (χ2v) is 5.92. The Kier molecular flexibility index (Phi) is 8.26. The lowest BCUT2D eigenvalue weighted by Gasteiger charge is -2.30. The molecule has 0 bridgehead atoms. The van der Waals surface area contributed by atoms with E-state index in [4.69, 9.17) is 0 Å². The lowest BCUT2D eigenvalue weighted by molar-refractivity contribution is 0.134. The molecule has 0 aromatic rings. The molecule has 0 saturated carbocycles. The van der Waals surface area contributed by atoms with Crippen molar-refractivity contribution in [2.24, 2.45) is 5.92 Å². The van der Waals surface area contributed by atoms with E-state index in [1.54, 1.807) is 0 Å². The van der Waals surface area contributed by atoms with Crippen molar-refractivity contribution in [3.05, 3.63) is 0 Å². The fourth-order valence-electron chi connectivity index (χ4n) is 3.16. The minimum Gasteiger partial charge on any atom is -0.395 e. The highest BCUT2D eigenvalue weighted by atomic mass is 35.5. The summed E-state index contributed by atoms with van der Waals surface area (Å²) in [6.07, 6.45) is 3.93. The molecule has 2 rings (SSSR count). The molecule has 0 amide bonds. The van der Waals surface area contributed by atoms with Gasteiger partial charge in [-0.1, -0.05) is 0 Å². The van der Waals surface area contributed by atoms with Crippen LogP contribution in [0.4, 0.5) is 0 Å². The van der Waals surface area contributed by atoms with Gasteiger partial charge in [0, 0.05) is 25.7 Å². The van der Waals surface area contributed by atoms with Crippen LogP contribution in [-0.4, -0.2) is 73.4 Å². The molecule has 2 aliphatic rings.